The summed E-state index contributed by atoms with van der Waals surface area (Å²) in [6.45, 7) is 0. The topological polar surface area (TPSA) is 0 Å². The maximum Gasteiger partial charge on any atom is 0.154 e. The van der Waals surface area contributed by atoms with Crippen LogP contribution < -0.4 is 0 Å². The predicted octanol–water partition coefficient (Wildman–Crippen LogP) is 4.51. The third-order valence-corrected chi connectivity index (χ3v) is 6.82. The van der Waals surface area contributed by atoms with Crippen molar-refractivity contribution in [2.75, 3.05) is 11.5 Å². The van der Waals surface area contributed by atoms with Crippen molar-refractivity contribution in [1.29, 1.82) is 0 Å². The average molecular weight is 247 g/mol. The molecule has 0 nitrogen and oxygen atoms in total. The van der Waals surface area contributed by atoms with E-state index in [0.717, 1.165) is 5.92 Å². The first kappa shape index (κ1) is 11.6. The smallest absolute Gasteiger partial charge is 0.0538 e. The van der Waals surface area contributed by atoms with Gasteiger partial charge in [-0.15, -0.1) is 0 Å². The maximum atomic E-state index is 2.43. The van der Waals surface area contributed by atoms with Gasteiger partial charge in [0.25, 0.3) is 0 Å². The van der Waals surface area contributed by atoms with E-state index in [4.69, 9.17) is 0 Å². The summed E-state index contributed by atoms with van der Waals surface area (Å²) in [5, 5.41) is 0. The van der Waals surface area contributed by atoms with Crippen molar-refractivity contribution >= 4 is 10.9 Å². The molecular weight excluding hydrogens is 224 g/mol. The first-order valence-corrected chi connectivity index (χ1v) is 8.77. The van der Waals surface area contributed by atoms with Gasteiger partial charge in [0.05, 0.1) is 0 Å². The van der Waals surface area contributed by atoms with E-state index in [-0.39, 0.29) is 0 Å². The van der Waals surface area contributed by atoms with Gasteiger partial charge < -0.3 is 0 Å². The second kappa shape index (κ2) is 5.48. The highest BCUT2D eigenvalue weighted by Gasteiger charge is 2.26. The lowest BCUT2D eigenvalue weighted by Crippen LogP contribution is -2.06. The zero-order chi connectivity index (χ0) is 11.5. The molecule has 1 heteroatoms. The molecule has 0 N–H and O–H groups in total. The molecule has 2 aliphatic rings. The molecule has 1 aliphatic heterocycles. The minimum Gasteiger partial charge on any atom is -0.0538 e. The Labute approximate surface area is 108 Å². The number of hydrogen-bond donors (Lipinski definition) is 0. The van der Waals surface area contributed by atoms with Gasteiger partial charge in [-0.05, 0) is 49.3 Å². The summed E-state index contributed by atoms with van der Waals surface area (Å²) < 4.78 is 0. The van der Waals surface area contributed by atoms with Gasteiger partial charge in [0.2, 0.25) is 0 Å². The Morgan fingerprint density at radius 1 is 0.765 bits per heavy atom. The van der Waals surface area contributed by atoms with Crippen molar-refractivity contribution in [3.05, 3.63) is 29.8 Å². The summed E-state index contributed by atoms with van der Waals surface area (Å²) in [5.41, 5.74) is 1.61. The lowest BCUT2D eigenvalue weighted by atomic mass is 9.84. The van der Waals surface area contributed by atoms with Gasteiger partial charge in [0.15, 0.2) is 4.90 Å². The van der Waals surface area contributed by atoms with Crippen molar-refractivity contribution in [3.63, 3.8) is 0 Å². The number of rotatable bonds is 2. The van der Waals surface area contributed by atoms with Gasteiger partial charge in [0, 0.05) is 10.9 Å². The molecule has 2 fully saturated rings. The molecule has 0 spiro atoms. The fourth-order valence-corrected chi connectivity index (χ4v) is 5.56. The van der Waals surface area contributed by atoms with Crippen LogP contribution in [-0.4, -0.2) is 11.5 Å². The van der Waals surface area contributed by atoms with E-state index >= 15 is 0 Å². The lowest BCUT2D eigenvalue weighted by Gasteiger charge is -2.21. The predicted molar refractivity (Wildman–Crippen MR) is 76.9 cm³/mol. The second-order valence-electron chi connectivity index (χ2n) is 5.51. The van der Waals surface area contributed by atoms with Crippen LogP contribution in [0, 0.1) is 0 Å². The Kier molecular flexibility index (Phi) is 3.75. The minimum absolute atomic E-state index is 0.596. The van der Waals surface area contributed by atoms with Crippen molar-refractivity contribution in [2.45, 2.75) is 55.8 Å². The maximum absolute atomic E-state index is 2.43. The summed E-state index contributed by atoms with van der Waals surface area (Å²) in [5.74, 6) is 3.76. The summed E-state index contributed by atoms with van der Waals surface area (Å²) in [4.78, 5) is 1.63. The van der Waals surface area contributed by atoms with E-state index in [1.54, 1.807) is 10.5 Å². The van der Waals surface area contributed by atoms with Crippen LogP contribution in [0.25, 0.3) is 0 Å². The highest BCUT2D eigenvalue weighted by atomic mass is 32.2. The first-order valence-electron chi connectivity index (χ1n) is 7.21. The van der Waals surface area contributed by atoms with Crippen molar-refractivity contribution in [3.8, 4) is 0 Å². The normalized spacial score (nSPS) is 23.1. The molecule has 0 aromatic heterocycles. The quantitative estimate of drug-likeness (QED) is 0.675. The van der Waals surface area contributed by atoms with Gasteiger partial charge >= 0.3 is 0 Å². The standard InChI is InChI=1S/C16H23S/c1-2-6-14(7-3-1)15-8-10-16(11-9-15)17-12-4-5-13-17/h8-11,14H,1-7,12-13H2/q+1. The largest absolute Gasteiger partial charge is 0.154 e. The summed E-state index contributed by atoms with van der Waals surface area (Å²) >= 11 is 0. The molecule has 1 saturated heterocycles. The van der Waals surface area contributed by atoms with Crippen LogP contribution in [0.15, 0.2) is 29.2 Å². The van der Waals surface area contributed by atoms with Crippen molar-refractivity contribution in [2.24, 2.45) is 0 Å². The van der Waals surface area contributed by atoms with E-state index in [2.05, 4.69) is 24.3 Å². The highest BCUT2D eigenvalue weighted by Crippen LogP contribution is 2.33. The van der Waals surface area contributed by atoms with Gasteiger partial charge in [-0.2, -0.15) is 0 Å². The SMILES string of the molecule is c1cc([S+]2CCCC2)ccc1C1CCCCC1. The Bertz CT molecular complexity index is 342. The number of hydrogen-bond acceptors (Lipinski definition) is 0. The first-order chi connectivity index (χ1) is 8.43. The molecule has 1 aliphatic carbocycles. The van der Waals surface area contributed by atoms with E-state index in [1.807, 2.05) is 0 Å². The second-order valence-corrected chi connectivity index (χ2v) is 7.79. The van der Waals surface area contributed by atoms with E-state index in [0.29, 0.717) is 10.9 Å². The molecule has 0 radical (unpaired) electrons. The molecule has 0 unspecified atom stereocenters. The molecule has 1 aromatic rings. The highest BCUT2D eigenvalue weighted by molar-refractivity contribution is 7.97. The third-order valence-electron chi connectivity index (χ3n) is 4.32. The molecule has 1 aromatic carbocycles. The molecule has 1 saturated carbocycles. The van der Waals surface area contributed by atoms with Crippen molar-refractivity contribution in [1.82, 2.24) is 0 Å². The van der Waals surface area contributed by atoms with Crippen molar-refractivity contribution < 1.29 is 0 Å². The van der Waals surface area contributed by atoms with Gasteiger partial charge in [-0.25, -0.2) is 0 Å². The van der Waals surface area contributed by atoms with Crippen LogP contribution in [0.1, 0.15) is 56.4 Å². The Balaban J connectivity index is 1.70. The number of benzene rings is 1. The molecule has 0 atom stereocenters. The summed E-state index contributed by atoms with van der Waals surface area (Å²) in [7, 11) is 0.596. The molecule has 17 heavy (non-hydrogen) atoms. The zero-order valence-electron chi connectivity index (χ0n) is 10.7. The Morgan fingerprint density at radius 2 is 1.41 bits per heavy atom. The Hall–Kier alpha value is -0.430. The zero-order valence-corrected chi connectivity index (χ0v) is 11.5. The molecule has 0 bridgehead atoms. The molecule has 0 amide bonds. The van der Waals surface area contributed by atoms with Gasteiger partial charge in [-0.1, -0.05) is 31.4 Å². The van der Waals surface area contributed by atoms with Crippen LogP contribution in [0.2, 0.25) is 0 Å². The summed E-state index contributed by atoms with van der Waals surface area (Å²) in [6, 6.07) is 9.71. The van der Waals surface area contributed by atoms with Crippen LogP contribution in [-0.2, 0) is 10.9 Å². The minimum atomic E-state index is 0.596. The third kappa shape index (κ3) is 2.70. The molecular formula is C16H23S+. The fourth-order valence-electron chi connectivity index (χ4n) is 3.26. The fraction of sp³-hybridized carbons (Fsp3) is 0.625. The van der Waals surface area contributed by atoms with Crippen LogP contribution in [0.3, 0.4) is 0 Å². The van der Waals surface area contributed by atoms with Crippen LogP contribution in [0.5, 0.6) is 0 Å². The van der Waals surface area contributed by atoms with Gasteiger partial charge in [-0.3, -0.25) is 0 Å². The average Bonchev–Trinajstić information content (AvgIpc) is 2.94. The van der Waals surface area contributed by atoms with E-state index in [1.165, 1.54) is 56.5 Å². The molecule has 3 rings (SSSR count). The lowest BCUT2D eigenvalue weighted by molar-refractivity contribution is 0.443. The van der Waals surface area contributed by atoms with Gasteiger partial charge in [0.1, 0.15) is 11.5 Å². The van der Waals surface area contributed by atoms with Crippen LogP contribution in [0.4, 0.5) is 0 Å². The van der Waals surface area contributed by atoms with E-state index in [9.17, 15) is 0 Å². The molecule has 92 valence electrons. The monoisotopic (exact) mass is 247 g/mol. The summed E-state index contributed by atoms with van der Waals surface area (Å²) in [6.07, 6.45) is 10.1. The molecule has 1 heterocycles. The van der Waals surface area contributed by atoms with E-state index < -0.39 is 0 Å². The van der Waals surface area contributed by atoms with Crippen LogP contribution >= 0.6 is 0 Å². The Morgan fingerprint density at radius 3 is 2.06 bits per heavy atom.